The lowest BCUT2D eigenvalue weighted by Crippen LogP contribution is -2.58. The average Bonchev–Trinajstić information content (AvgIpc) is 3.57. The van der Waals surface area contributed by atoms with Crippen molar-refractivity contribution >= 4 is 11.9 Å². The van der Waals surface area contributed by atoms with Crippen molar-refractivity contribution in [1.82, 2.24) is 9.88 Å². The van der Waals surface area contributed by atoms with Gasteiger partial charge in [0.15, 0.2) is 0 Å². The normalized spacial score (nSPS) is 25.8. The summed E-state index contributed by atoms with van der Waals surface area (Å²) in [7, 11) is 0. The molecule has 1 N–H and O–H groups in total. The molecule has 2 atom stereocenters. The maximum atomic E-state index is 12.8. The first-order valence-electron chi connectivity index (χ1n) is 10.4. The third-order valence-electron chi connectivity index (χ3n) is 5.84. The number of hydrogen-bond acceptors (Lipinski definition) is 5. The molecular formula is C21H27F3N2O5. The number of piperidine rings is 1. The van der Waals surface area contributed by atoms with Crippen molar-refractivity contribution in [3.05, 3.63) is 30.1 Å². The van der Waals surface area contributed by atoms with Crippen molar-refractivity contribution in [2.24, 2.45) is 11.3 Å². The lowest BCUT2D eigenvalue weighted by Gasteiger charge is -2.50. The van der Waals surface area contributed by atoms with E-state index in [0.29, 0.717) is 12.3 Å². The van der Waals surface area contributed by atoms with Crippen LogP contribution >= 0.6 is 0 Å². The maximum Gasteiger partial charge on any atom is 0.490 e. The molecule has 0 aromatic carbocycles. The number of rotatable bonds is 5. The minimum absolute atomic E-state index is 0.0289. The predicted octanol–water partition coefficient (Wildman–Crippen LogP) is 3.15. The summed E-state index contributed by atoms with van der Waals surface area (Å²) in [6.07, 6.45) is 2.44. The summed E-state index contributed by atoms with van der Waals surface area (Å²) in [5.74, 6) is -1.96. The predicted molar refractivity (Wildman–Crippen MR) is 103 cm³/mol. The number of hydrogen-bond donors (Lipinski definition) is 1. The van der Waals surface area contributed by atoms with Gasteiger partial charge < -0.3 is 19.5 Å². The van der Waals surface area contributed by atoms with Crippen LogP contribution in [-0.4, -0.2) is 72.1 Å². The van der Waals surface area contributed by atoms with E-state index in [9.17, 15) is 18.0 Å². The van der Waals surface area contributed by atoms with Gasteiger partial charge in [0.2, 0.25) is 0 Å². The second kappa shape index (κ2) is 9.95. The first-order chi connectivity index (χ1) is 14.7. The molecule has 172 valence electrons. The van der Waals surface area contributed by atoms with E-state index in [1.165, 1.54) is 12.8 Å². The van der Waals surface area contributed by atoms with Crippen LogP contribution in [0.1, 0.15) is 42.6 Å². The van der Waals surface area contributed by atoms with E-state index >= 15 is 0 Å². The highest BCUT2D eigenvalue weighted by Crippen LogP contribution is 2.41. The number of likely N-dealkylation sites (tertiary alicyclic amines) is 1. The summed E-state index contributed by atoms with van der Waals surface area (Å²) in [5.41, 5.74) is 0.484. The first-order valence-corrected chi connectivity index (χ1v) is 10.4. The smallest absolute Gasteiger partial charge is 0.475 e. The zero-order valence-electron chi connectivity index (χ0n) is 17.1. The van der Waals surface area contributed by atoms with Gasteiger partial charge >= 0.3 is 12.1 Å². The molecule has 1 aliphatic carbocycles. The molecule has 1 aromatic rings. The van der Waals surface area contributed by atoms with Gasteiger partial charge in [0.25, 0.3) is 5.91 Å². The number of carbonyl (C=O) groups is 2. The molecule has 2 aliphatic heterocycles. The number of carbonyl (C=O) groups excluding carboxylic acids is 1. The van der Waals surface area contributed by atoms with E-state index < -0.39 is 12.1 Å². The van der Waals surface area contributed by atoms with Crippen LogP contribution in [0.5, 0.6) is 0 Å². The van der Waals surface area contributed by atoms with Gasteiger partial charge in [-0.2, -0.15) is 13.2 Å². The zero-order chi connectivity index (χ0) is 22.5. The maximum absolute atomic E-state index is 12.8. The van der Waals surface area contributed by atoms with Crippen LogP contribution in [-0.2, 0) is 14.3 Å². The highest BCUT2D eigenvalue weighted by molar-refractivity contribution is 5.92. The summed E-state index contributed by atoms with van der Waals surface area (Å²) in [6.45, 7) is 3.87. The van der Waals surface area contributed by atoms with Gasteiger partial charge in [0, 0.05) is 37.9 Å². The average molecular weight is 444 g/mol. The Morgan fingerprint density at radius 3 is 2.65 bits per heavy atom. The fourth-order valence-electron chi connectivity index (χ4n) is 4.04. The minimum atomic E-state index is -5.08. The molecule has 0 bridgehead atoms. The number of alkyl halides is 3. The van der Waals surface area contributed by atoms with Crippen LogP contribution in [0.25, 0.3) is 0 Å². The molecule has 1 aromatic heterocycles. The second-order valence-corrected chi connectivity index (χ2v) is 8.32. The topological polar surface area (TPSA) is 89.0 Å². The van der Waals surface area contributed by atoms with Crippen molar-refractivity contribution in [2.75, 3.05) is 32.9 Å². The molecule has 0 spiro atoms. The third kappa shape index (κ3) is 6.39. The Labute approximate surface area is 178 Å². The van der Waals surface area contributed by atoms with Crippen molar-refractivity contribution in [3.8, 4) is 0 Å². The van der Waals surface area contributed by atoms with E-state index in [0.717, 1.165) is 51.5 Å². The lowest BCUT2D eigenvalue weighted by atomic mass is 9.73. The van der Waals surface area contributed by atoms with Crippen LogP contribution in [0.15, 0.2) is 24.4 Å². The highest BCUT2D eigenvalue weighted by atomic mass is 19.4. The molecule has 3 heterocycles. The zero-order valence-corrected chi connectivity index (χ0v) is 17.1. The summed E-state index contributed by atoms with van der Waals surface area (Å²) < 4.78 is 43.9. The fourth-order valence-corrected chi connectivity index (χ4v) is 4.04. The van der Waals surface area contributed by atoms with E-state index in [2.05, 4.69) is 4.98 Å². The Kier molecular flexibility index (Phi) is 7.53. The van der Waals surface area contributed by atoms with Crippen LogP contribution in [0.4, 0.5) is 13.2 Å². The van der Waals surface area contributed by atoms with E-state index in [1.54, 1.807) is 12.3 Å². The summed E-state index contributed by atoms with van der Waals surface area (Å²) in [6, 6.07) is 5.50. The quantitative estimate of drug-likeness (QED) is 0.751. The molecule has 4 rings (SSSR count). The number of pyridine rings is 1. The first kappa shape index (κ1) is 23.5. The molecule has 0 radical (unpaired) electrons. The molecule has 2 saturated heterocycles. The Balaban J connectivity index is 0.000000339. The number of carboxylic acids is 1. The van der Waals surface area contributed by atoms with E-state index in [1.807, 2.05) is 17.0 Å². The number of carboxylic acid groups (broad SMARTS) is 1. The Bertz CT molecular complexity index is 757. The molecule has 10 heteroatoms. The molecule has 1 amide bonds. The number of ether oxygens (including phenoxy) is 2. The standard InChI is InChI=1S/C19H26N2O3.C2HF3O2/c22-18(16-4-1-2-9-20-16)21-10-7-17-19(13-21,8-3-11-24-17)14-23-12-15-5-6-15;3-2(4,5)1(6)7/h1-2,4,9,15,17H,3,5-8,10-14H2;(H,6,7). The summed E-state index contributed by atoms with van der Waals surface area (Å²) in [5, 5.41) is 7.12. The van der Waals surface area contributed by atoms with Crippen molar-refractivity contribution in [3.63, 3.8) is 0 Å². The van der Waals surface area contributed by atoms with Crippen LogP contribution in [0.3, 0.4) is 0 Å². The van der Waals surface area contributed by atoms with Gasteiger partial charge in [-0.1, -0.05) is 6.07 Å². The monoisotopic (exact) mass is 444 g/mol. The van der Waals surface area contributed by atoms with E-state index in [4.69, 9.17) is 19.4 Å². The number of aromatic nitrogens is 1. The number of fused-ring (bicyclic) bond motifs is 1. The van der Waals surface area contributed by atoms with Gasteiger partial charge in [-0.05, 0) is 50.2 Å². The van der Waals surface area contributed by atoms with Gasteiger partial charge in [-0.25, -0.2) is 4.79 Å². The fraction of sp³-hybridized carbons (Fsp3) is 0.667. The number of nitrogens with zero attached hydrogens (tertiary/aromatic N) is 2. The van der Waals surface area contributed by atoms with Gasteiger partial charge in [-0.3, -0.25) is 9.78 Å². The minimum Gasteiger partial charge on any atom is -0.475 e. The number of aliphatic carboxylic acids is 1. The van der Waals surface area contributed by atoms with Crippen molar-refractivity contribution in [2.45, 2.75) is 44.4 Å². The largest absolute Gasteiger partial charge is 0.490 e. The van der Waals surface area contributed by atoms with Crippen LogP contribution in [0.2, 0.25) is 0 Å². The SMILES string of the molecule is O=C(O)C(F)(F)F.O=C(c1ccccn1)N1CCC2OCCCC2(COCC2CC2)C1. The van der Waals surface area contributed by atoms with Crippen molar-refractivity contribution in [1.29, 1.82) is 0 Å². The van der Waals surface area contributed by atoms with Gasteiger partial charge in [-0.15, -0.1) is 0 Å². The molecule has 2 unspecified atom stereocenters. The van der Waals surface area contributed by atoms with E-state index in [-0.39, 0.29) is 17.4 Å². The molecule has 1 saturated carbocycles. The number of halogens is 3. The molecule has 3 fully saturated rings. The number of amides is 1. The molecule has 7 nitrogen and oxygen atoms in total. The summed E-state index contributed by atoms with van der Waals surface area (Å²) >= 11 is 0. The Morgan fingerprint density at radius 2 is 2.03 bits per heavy atom. The summed E-state index contributed by atoms with van der Waals surface area (Å²) in [4.78, 5) is 27.9. The molecule has 31 heavy (non-hydrogen) atoms. The lowest BCUT2D eigenvalue weighted by molar-refractivity contribution is -0.192. The van der Waals surface area contributed by atoms with Crippen molar-refractivity contribution < 1.29 is 37.3 Å². The second-order valence-electron chi connectivity index (χ2n) is 8.32. The highest BCUT2D eigenvalue weighted by Gasteiger charge is 2.47. The Hall–Kier alpha value is -2.20. The molecular weight excluding hydrogens is 417 g/mol. The molecule has 3 aliphatic rings. The van der Waals surface area contributed by atoms with Crippen LogP contribution in [0, 0.1) is 11.3 Å². The Morgan fingerprint density at radius 1 is 1.29 bits per heavy atom. The third-order valence-corrected chi connectivity index (χ3v) is 5.84. The van der Waals surface area contributed by atoms with Crippen LogP contribution < -0.4 is 0 Å². The van der Waals surface area contributed by atoms with Gasteiger partial charge in [0.1, 0.15) is 5.69 Å². The van der Waals surface area contributed by atoms with Gasteiger partial charge in [0.05, 0.1) is 12.7 Å².